The predicted molar refractivity (Wildman–Crippen MR) is 68.3 cm³/mol. The Hall–Kier alpha value is -0.770. The number of furan rings is 1. The van der Waals surface area contributed by atoms with E-state index in [2.05, 4.69) is 15.9 Å². The zero-order valence-corrected chi connectivity index (χ0v) is 11.8. The summed E-state index contributed by atoms with van der Waals surface area (Å²) in [5.41, 5.74) is 1.68. The molecule has 3 nitrogen and oxygen atoms in total. The zero-order chi connectivity index (χ0) is 12.3. The lowest BCUT2D eigenvalue weighted by molar-refractivity contribution is 0.0772. The fourth-order valence-corrected chi connectivity index (χ4v) is 2.20. The Balaban J connectivity index is 3.03. The highest BCUT2D eigenvalue weighted by Crippen LogP contribution is 2.22. The molecule has 0 aliphatic heterocycles. The predicted octanol–water partition coefficient (Wildman–Crippen LogP) is 3.06. The largest absolute Gasteiger partial charge is 0.466 e. The summed E-state index contributed by atoms with van der Waals surface area (Å²) >= 11 is 3.36. The van der Waals surface area contributed by atoms with Crippen molar-refractivity contribution in [2.24, 2.45) is 0 Å². The molecule has 0 spiro atoms. The van der Waals surface area contributed by atoms with Gasteiger partial charge in [-0.2, -0.15) is 0 Å². The van der Waals surface area contributed by atoms with E-state index in [4.69, 9.17) is 4.42 Å². The first kappa shape index (κ1) is 13.3. The van der Waals surface area contributed by atoms with Crippen LogP contribution in [0, 0.1) is 20.8 Å². The van der Waals surface area contributed by atoms with Crippen molar-refractivity contribution in [3.63, 3.8) is 0 Å². The molecule has 0 radical (unpaired) electrons. The second kappa shape index (κ2) is 5.53. The highest BCUT2D eigenvalue weighted by molar-refractivity contribution is 9.09. The van der Waals surface area contributed by atoms with Crippen molar-refractivity contribution in [1.29, 1.82) is 0 Å². The summed E-state index contributed by atoms with van der Waals surface area (Å²) in [7, 11) is 0. The van der Waals surface area contributed by atoms with Gasteiger partial charge in [0, 0.05) is 24.0 Å². The van der Waals surface area contributed by atoms with Crippen molar-refractivity contribution in [3.8, 4) is 0 Å². The number of carbonyl (C=O) groups excluding carboxylic acids is 1. The van der Waals surface area contributed by atoms with Crippen LogP contribution in [0.1, 0.15) is 34.4 Å². The van der Waals surface area contributed by atoms with Crippen molar-refractivity contribution >= 4 is 21.8 Å². The monoisotopic (exact) mass is 287 g/mol. The first-order valence-electron chi connectivity index (χ1n) is 5.44. The van der Waals surface area contributed by atoms with E-state index in [0.717, 1.165) is 28.8 Å². The van der Waals surface area contributed by atoms with E-state index in [1.807, 2.05) is 32.6 Å². The summed E-state index contributed by atoms with van der Waals surface area (Å²) in [6.07, 6.45) is 0. The summed E-state index contributed by atoms with van der Waals surface area (Å²) in [5, 5.41) is 0.793. The Labute approximate surface area is 105 Å². The number of halogens is 1. The highest BCUT2D eigenvalue weighted by atomic mass is 79.9. The minimum atomic E-state index is 0.0637. The van der Waals surface area contributed by atoms with E-state index in [-0.39, 0.29) is 5.91 Å². The van der Waals surface area contributed by atoms with E-state index in [1.54, 1.807) is 0 Å². The molecule has 4 heteroatoms. The molecule has 0 bridgehead atoms. The Bertz CT molecular complexity index is 385. The minimum absolute atomic E-state index is 0.0637. The highest BCUT2D eigenvalue weighted by Gasteiger charge is 2.22. The molecule has 0 saturated heterocycles. The Kier molecular flexibility index (Phi) is 4.59. The molecule has 0 aliphatic rings. The second-order valence-corrected chi connectivity index (χ2v) is 4.58. The molecule has 1 rings (SSSR count). The van der Waals surface area contributed by atoms with Crippen molar-refractivity contribution in [2.45, 2.75) is 27.7 Å². The molecule has 90 valence electrons. The molecule has 0 aliphatic carbocycles. The van der Waals surface area contributed by atoms with Crippen molar-refractivity contribution in [3.05, 3.63) is 22.6 Å². The Morgan fingerprint density at radius 2 is 1.94 bits per heavy atom. The van der Waals surface area contributed by atoms with Crippen LogP contribution in [0.4, 0.5) is 0 Å². The molecule has 16 heavy (non-hydrogen) atoms. The number of hydrogen-bond acceptors (Lipinski definition) is 2. The van der Waals surface area contributed by atoms with Crippen molar-refractivity contribution in [1.82, 2.24) is 4.90 Å². The van der Waals surface area contributed by atoms with E-state index in [1.165, 1.54) is 0 Å². The van der Waals surface area contributed by atoms with E-state index in [0.29, 0.717) is 12.3 Å². The average Bonchev–Trinajstić information content (AvgIpc) is 2.49. The molecule has 1 aromatic heterocycles. The van der Waals surface area contributed by atoms with Gasteiger partial charge < -0.3 is 9.32 Å². The lowest BCUT2D eigenvalue weighted by Gasteiger charge is -2.19. The number of rotatable bonds is 4. The fraction of sp³-hybridized carbons (Fsp3) is 0.583. The smallest absolute Gasteiger partial charge is 0.257 e. The van der Waals surface area contributed by atoms with Crippen molar-refractivity contribution in [2.75, 3.05) is 18.4 Å². The van der Waals surface area contributed by atoms with E-state index >= 15 is 0 Å². The second-order valence-electron chi connectivity index (χ2n) is 3.79. The molecule has 1 heterocycles. The van der Waals surface area contributed by atoms with Crippen molar-refractivity contribution < 1.29 is 9.21 Å². The topological polar surface area (TPSA) is 33.5 Å². The van der Waals surface area contributed by atoms with Crippen LogP contribution in [0.25, 0.3) is 0 Å². The molecular formula is C12H18BrNO2. The summed E-state index contributed by atoms with van der Waals surface area (Å²) in [5.74, 6) is 1.61. The van der Waals surface area contributed by atoms with Gasteiger partial charge in [-0.25, -0.2) is 0 Å². The van der Waals surface area contributed by atoms with Gasteiger partial charge in [-0.1, -0.05) is 15.9 Å². The SMILES string of the molecule is CCN(CCBr)C(=O)c1c(C)oc(C)c1C. The summed E-state index contributed by atoms with van der Waals surface area (Å²) < 4.78 is 5.48. The maximum atomic E-state index is 12.3. The third kappa shape index (κ3) is 2.48. The maximum absolute atomic E-state index is 12.3. The zero-order valence-electron chi connectivity index (χ0n) is 10.3. The van der Waals surface area contributed by atoms with Gasteiger partial charge in [0.25, 0.3) is 5.91 Å². The Morgan fingerprint density at radius 1 is 1.31 bits per heavy atom. The first-order valence-corrected chi connectivity index (χ1v) is 6.56. The number of carbonyl (C=O) groups is 1. The third-order valence-electron chi connectivity index (χ3n) is 2.80. The molecule has 0 saturated carbocycles. The quantitative estimate of drug-likeness (QED) is 0.798. The average molecular weight is 288 g/mol. The summed E-state index contributed by atoms with van der Waals surface area (Å²) in [4.78, 5) is 14.1. The third-order valence-corrected chi connectivity index (χ3v) is 3.15. The molecule has 1 aromatic rings. The summed E-state index contributed by atoms with van der Waals surface area (Å²) in [6, 6.07) is 0. The molecule has 0 fully saturated rings. The lowest BCUT2D eigenvalue weighted by atomic mass is 10.1. The van der Waals surface area contributed by atoms with Gasteiger partial charge >= 0.3 is 0 Å². The van der Waals surface area contributed by atoms with Crippen LogP contribution < -0.4 is 0 Å². The van der Waals surface area contributed by atoms with Gasteiger partial charge in [0.15, 0.2) is 0 Å². The van der Waals surface area contributed by atoms with E-state index < -0.39 is 0 Å². The van der Waals surface area contributed by atoms with Gasteiger partial charge in [0.1, 0.15) is 11.5 Å². The number of nitrogens with zero attached hydrogens (tertiary/aromatic N) is 1. The van der Waals surface area contributed by atoms with Crippen LogP contribution in [0.5, 0.6) is 0 Å². The molecule has 1 amide bonds. The van der Waals surface area contributed by atoms with Gasteiger partial charge in [0.05, 0.1) is 5.56 Å². The number of aryl methyl sites for hydroxylation is 2. The van der Waals surface area contributed by atoms with Crippen LogP contribution in [-0.4, -0.2) is 29.2 Å². The number of amides is 1. The van der Waals surface area contributed by atoms with Gasteiger partial charge in [-0.05, 0) is 27.7 Å². The number of alkyl halides is 1. The Morgan fingerprint density at radius 3 is 2.31 bits per heavy atom. The molecule has 0 unspecified atom stereocenters. The van der Waals surface area contributed by atoms with Crippen LogP contribution in [-0.2, 0) is 0 Å². The van der Waals surface area contributed by atoms with Crippen LogP contribution in [0.15, 0.2) is 4.42 Å². The van der Waals surface area contributed by atoms with Gasteiger partial charge in [-0.3, -0.25) is 4.79 Å². The van der Waals surface area contributed by atoms with Crippen LogP contribution in [0.3, 0.4) is 0 Å². The van der Waals surface area contributed by atoms with Gasteiger partial charge in [-0.15, -0.1) is 0 Å². The van der Waals surface area contributed by atoms with Crippen LogP contribution in [0.2, 0.25) is 0 Å². The molecule has 0 N–H and O–H groups in total. The molecular weight excluding hydrogens is 270 g/mol. The first-order chi connectivity index (χ1) is 7.52. The lowest BCUT2D eigenvalue weighted by Crippen LogP contribution is -2.33. The van der Waals surface area contributed by atoms with Gasteiger partial charge in [0.2, 0.25) is 0 Å². The standard InChI is InChI=1S/C12H18BrNO2/c1-5-14(7-6-13)12(15)11-8(2)9(3)16-10(11)4/h5-7H2,1-4H3. The van der Waals surface area contributed by atoms with Crippen LogP contribution >= 0.6 is 15.9 Å². The minimum Gasteiger partial charge on any atom is -0.466 e. The molecule has 0 aromatic carbocycles. The normalized spacial score (nSPS) is 10.6. The summed E-state index contributed by atoms with van der Waals surface area (Å²) in [6.45, 7) is 9.08. The fourth-order valence-electron chi connectivity index (χ4n) is 1.77. The number of hydrogen-bond donors (Lipinski definition) is 0. The maximum Gasteiger partial charge on any atom is 0.257 e. The van der Waals surface area contributed by atoms with E-state index in [9.17, 15) is 4.79 Å². The molecule has 0 atom stereocenters.